The number of aromatic amines is 1. The van der Waals surface area contributed by atoms with Crippen molar-refractivity contribution in [2.24, 2.45) is 0 Å². The summed E-state index contributed by atoms with van der Waals surface area (Å²) >= 11 is 5.87. The number of nitrogens with one attached hydrogen (secondary N) is 2. The summed E-state index contributed by atoms with van der Waals surface area (Å²) in [5, 5.41) is 9.84. The lowest BCUT2D eigenvalue weighted by atomic mass is 10.2. The van der Waals surface area contributed by atoms with Gasteiger partial charge < -0.3 is 14.8 Å². The van der Waals surface area contributed by atoms with E-state index in [0.717, 1.165) is 5.56 Å². The molecule has 7 heteroatoms. The predicted octanol–water partition coefficient (Wildman–Crippen LogP) is 3.90. The van der Waals surface area contributed by atoms with Gasteiger partial charge in [0.1, 0.15) is 12.4 Å². The largest absolute Gasteiger partial charge is 0.493 e. The highest BCUT2D eigenvalue weighted by molar-refractivity contribution is 6.30. The molecule has 3 aromatic rings. The monoisotopic (exact) mass is 357 g/mol. The van der Waals surface area contributed by atoms with E-state index >= 15 is 0 Å². The first-order chi connectivity index (χ1) is 12.2. The Hall–Kier alpha value is -2.99. The first-order valence-electron chi connectivity index (χ1n) is 7.52. The first-order valence-corrected chi connectivity index (χ1v) is 7.89. The number of nitrogens with zero attached hydrogens (tertiary/aromatic N) is 1. The number of amides is 1. The Morgan fingerprint density at radius 2 is 1.96 bits per heavy atom. The van der Waals surface area contributed by atoms with Crippen molar-refractivity contribution in [2.75, 3.05) is 12.4 Å². The lowest BCUT2D eigenvalue weighted by Gasteiger charge is -2.12. The molecule has 1 aromatic heterocycles. The number of halogens is 1. The third-order valence-corrected chi connectivity index (χ3v) is 3.73. The summed E-state index contributed by atoms with van der Waals surface area (Å²) in [7, 11) is 1.53. The summed E-state index contributed by atoms with van der Waals surface area (Å²) in [6.45, 7) is 0.368. The van der Waals surface area contributed by atoms with Gasteiger partial charge in [0.15, 0.2) is 11.5 Å². The highest BCUT2D eigenvalue weighted by atomic mass is 35.5. The van der Waals surface area contributed by atoms with Crippen LogP contribution in [0, 0.1) is 0 Å². The standard InChI is InChI=1S/C18H16ClN3O3/c1-24-16-10-13(18(23)21-17-8-9-20-22-17)4-7-15(16)25-11-12-2-5-14(19)6-3-12/h2-10H,11H2,1H3,(H2,20,21,22,23). The van der Waals surface area contributed by atoms with Gasteiger partial charge in [-0.2, -0.15) is 5.10 Å². The third kappa shape index (κ3) is 4.30. The molecule has 1 amide bonds. The zero-order valence-electron chi connectivity index (χ0n) is 13.5. The van der Waals surface area contributed by atoms with E-state index in [1.807, 2.05) is 12.1 Å². The second-order valence-electron chi connectivity index (χ2n) is 5.21. The molecular formula is C18H16ClN3O3. The average molecular weight is 358 g/mol. The van der Waals surface area contributed by atoms with Crippen LogP contribution >= 0.6 is 11.6 Å². The normalized spacial score (nSPS) is 10.3. The van der Waals surface area contributed by atoms with Crippen LogP contribution < -0.4 is 14.8 Å². The number of hydrogen-bond donors (Lipinski definition) is 2. The number of hydrogen-bond acceptors (Lipinski definition) is 4. The second-order valence-corrected chi connectivity index (χ2v) is 5.64. The maximum atomic E-state index is 12.2. The van der Waals surface area contributed by atoms with E-state index in [0.29, 0.717) is 34.5 Å². The summed E-state index contributed by atoms with van der Waals surface area (Å²) in [6.07, 6.45) is 1.56. The number of methoxy groups -OCH3 is 1. The van der Waals surface area contributed by atoms with Crippen molar-refractivity contribution in [3.8, 4) is 11.5 Å². The van der Waals surface area contributed by atoms with E-state index in [1.54, 1.807) is 42.6 Å². The van der Waals surface area contributed by atoms with E-state index in [4.69, 9.17) is 21.1 Å². The van der Waals surface area contributed by atoms with Crippen molar-refractivity contribution >= 4 is 23.3 Å². The van der Waals surface area contributed by atoms with Gasteiger partial charge in [0.2, 0.25) is 0 Å². The van der Waals surface area contributed by atoms with Crippen molar-refractivity contribution in [1.29, 1.82) is 0 Å². The molecule has 0 aliphatic rings. The van der Waals surface area contributed by atoms with E-state index in [-0.39, 0.29) is 5.91 Å². The van der Waals surface area contributed by atoms with E-state index < -0.39 is 0 Å². The Morgan fingerprint density at radius 3 is 2.64 bits per heavy atom. The number of aromatic nitrogens is 2. The lowest BCUT2D eigenvalue weighted by molar-refractivity contribution is 0.102. The Labute approximate surface area is 149 Å². The van der Waals surface area contributed by atoms with Crippen LogP contribution in [0.25, 0.3) is 0 Å². The van der Waals surface area contributed by atoms with E-state index in [9.17, 15) is 4.79 Å². The topological polar surface area (TPSA) is 76.2 Å². The number of carbonyl (C=O) groups excluding carboxylic acids is 1. The van der Waals surface area contributed by atoms with Gasteiger partial charge in [-0.15, -0.1) is 0 Å². The minimum Gasteiger partial charge on any atom is -0.493 e. The second kappa shape index (κ2) is 7.72. The zero-order chi connectivity index (χ0) is 17.6. The molecule has 0 saturated heterocycles. The fourth-order valence-electron chi connectivity index (χ4n) is 2.19. The average Bonchev–Trinajstić information content (AvgIpc) is 3.14. The molecule has 6 nitrogen and oxygen atoms in total. The molecule has 25 heavy (non-hydrogen) atoms. The Kier molecular flexibility index (Phi) is 5.20. The summed E-state index contributed by atoms with van der Waals surface area (Å²) in [6, 6.07) is 14.1. The fourth-order valence-corrected chi connectivity index (χ4v) is 2.32. The Balaban J connectivity index is 1.70. The first kappa shape index (κ1) is 16.9. The number of carbonyl (C=O) groups is 1. The van der Waals surface area contributed by atoms with E-state index in [1.165, 1.54) is 7.11 Å². The van der Waals surface area contributed by atoms with Gasteiger partial charge in [0.25, 0.3) is 5.91 Å². The predicted molar refractivity (Wildman–Crippen MR) is 95.3 cm³/mol. The minimum atomic E-state index is -0.271. The molecule has 3 rings (SSSR count). The molecule has 2 aromatic carbocycles. The molecule has 128 valence electrons. The van der Waals surface area contributed by atoms with Gasteiger partial charge in [-0.05, 0) is 35.9 Å². The van der Waals surface area contributed by atoms with Crippen molar-refractivity contribution < 1.29 is 14.3 Å². The summed E-state index contributed by atoms with van der Waals surface area (Å²) in [4.78, 5) is 12.2. The summed E-state index contributed by atoms with van der Waals surface area (Å²) in [5.74, 6) is 1.28. The lowest BCUT2D eigenvalue weighted by Crippen LogP contribution is -2.12. The SMILES string of the molecule is COc1cc(C(=O)Nc2ccn[nH]2)ccc1OCc1ccc(Cl)cc1. The van der Waals surface area contributed by atoms with Gasteiger partial charge in [-0.1, -0.05) is 23.7 Å². The van der Waals surface area contributed by atoms with Crippen LogP contribution in [0.2, 0.25) is 5.02 Å². The number of benzene rings is 2. The molecule has 0 aliphatic heterocycles. The Bertz CT molecular complexity index is 849. The van der Waals surface area contributed by atoms with Gasteiger partial charge >= 0.3 is 0 Å². The maximum absolute atomic E-state index is 12.2. The van der Waals surface area contributed by atoms with Crippen molar-refractivity contribution in [3.63, 3.8) is 0 Å². The van der Waals surface area contributed by atoms with Crippen molar-refractivity contribution in [2.45, 2.75) is 6.61 Å². The molecule has 0 fully saturated rings. The van der Waals surface area contributed by atoms with Crippen LogP contribution in [-0.4, -0.2) is 23.2 Å². The van der Waals surface area contributed by atoms with E-state index in [2.05, 4.69) is 15.5 Å². The molecule has 0 spiro atoms. The molecule has 0 aliphatic carbocycles. The highest BCUT2D eigenvalue weighted by Gasteiger charge is 2.12. The minimum absolute atomic E-state index is 0.271. The van der Waals surface area contributed by atoms with Gasteiger partial charge in [0.05, 0.1) is 13.3 Å². The Morgan fingerprint density at radius 1 is 1.16 bits per heavy atom. The maximum Gasteiger partial charge on any atom is 0.256 e. The number of anilines is 1. The van der Waals surface area contributed by atoms with Crippen LogP contribution in [0.5, 0.6) is 11.5 Å². The van der Waals surface area contributed by atoms with Crippen LogP contribution in [0.1, 0.15) is 15.9 Å². The quantitative estimate of drug-likeness (QED) is 0.701. The highest BCUT2D eigenvalue weighted by Crippen LogP contribution is 2.29. The molecule has 0 bridgehead atoms. The summed E-state index contributed by atoms with van der Waals surface area (Å²) in [5.41, 5.74) is 1.43. The fraction of sp³-hybridized carbons (Fsp3) is 0.111. The molecule has 0 saturated carbocycles. The number of ether oxygens (including phenoxy) is 2. The van der Waals surface area contributed by atoms with Crippen LogP contribution in [0.4, 0.5) is 5.82 Å². The zero-order valence-corrected chi connectivity index (χ0v) is 14.2. The van der Waals surface area contributed by atoms with Gasteiger partial charge in [-0.25, -0.2) is 0 Å². The summed E-state index contributed by atoms with van der Waals surface area (Å²) < 4.78 is 11.1. The number of H-pyrrole nitrogens is 1. The molecular weight excluding hydrogens is 342 g/mol. The van der Waals surface area contributed by atoms with Crippen LogP contribution in [0.15, 0.2) is 54.7 Å². The van der Waals surface area contributed by atoms with Crippen LogP contribution in [0.3, 0.4) is 0 Å². The van der Waals surface area contributed by atoms with Crippen molar-refractivity contribution in [3.05, 3.63) is 70.9 Å². The van der Waals surface area contributed by atoms with Crippen molar-refractivity contribution in [1.82, 2.24) is 10.2 Å². The molecule has 0 atom stereocenters. The molecule has 0 unspecified atom stereocenters. The van der Waals surface area contributed by atoms with Crippen LogP contribution in [-0.2, 0) is 6.61 Å². The van der Waals surface area contributed by atoms with Gasteiger partial charge in [-0.3, -0.25) is 9.89 Å². The molecule has 0 radical (unpaired) electrons. The number of rotatable bonds is 6. The molecule has 1 heterocycles. The smallest absolute Gasteiger partial charge is 0.256 e. The third-order valence-electron chi connectivity index (χ3n) is 3.48. The van der Waals surface area contributed by atoms with Gasteiger partial charge in [0, 0.05) is 16.7 Å². The molecule has 2 N–H and O–H groups in total.